The average molecular weight is 478 g/mol. The van der Waals surface area contributed by atoms with E-state index in [1.807, 2.05) is 54.6 Å². The molecule has 0 bridgehead atoms. The van der Waals surface area contributed by atoms with Gasteiger partial charge in [-0.25, -0.2) is 0 Å². The maximum atomic E-state index is 12.1. The summed E-state index contributed by atoms with van der Waals surface area (Å²) in [6, 6.07) is 17.8. The molecule has 0 aliphatic rings. The van der Waals surface area contributed by atoms with E-state index >= 15 is 0 Å². The summed E-state index contributed by atoms with van der Waals surface area (Å²) in [5, 5.41) is 12.3. The Balaban J connectivity index is 1.61. The first-order chi connectivity index (χ1) is 12.7. The molecule has 0 saturated carbocycles. The van der Waals surface area contributed by atoms with Crippen molar-refractivity contribution in [2.45, 2.75) is 24.9 Å². The van der Waals surface area contributed by atoms with Crippen LogP contribution in [0, 0.1) is 3.57 Å². The van der Waals surface area contributed by atoms with Crippen molar-refractivity contribution in [3.63, 3.8) is 0 Å². The minimum Gasteiger partial charge on any atom is -0.326 e. The molecule has 3 rings (SSSR count). The summed E-state index contributed by atoms with van der Waals surface area (Å²) in [6.07, 6.45) is 1.22. The standard InChI is InChI=1S/C19H19IN4OS/c1-2-17-22-23-19(24(17)16-6-4-3-5-7-16)26-13-12-18(25)21-15-10-8-14(20)9-11-15/h3-11H,2,12-13H2,1H3,(H,21,25). The number of rotatable bonds is 7. The summed E-state index contributed by atoms with van der Waals surface area (Å²) < 4.78 is 3.20. The van der Waals surface area contributed by atoms with Gasteiger partial charge in [0.15, 0.2) is 5.16 Å². The number of amides is 1. The van der Waals surface area contributed by atoms with Crippen LogP contribution in [0.2, 0.25) is 0 Å². The van der Waals surface area contributed by atoms with Gasteiger partial charge in [0.1, 0.15) is 5.82 Å². The number of nitrogens with zero attached hydrogens (tertiary/aromatic N) is 3. The molecular formula is C19H19IN4OS. The van der Waals surface area contributed by atoms with E-state index in [1.54, 1.807) is 11.8 Å². The summed E-state index contributed by atoms with van der Waals surface area (Å²) in [7, 11) is 0. The lowest BCUT2D eigenvalue weighted by molar-refractivity contribution is -0.115. The molecule has 0 aliphatic carbocycles. The predicted octanol–water partition coefficient (Wildman–Crippen LogP) is 4.56. The lowest BCUT2D eigenvalue weighted by Gasteiger charge is -2.09. The molecule has 1 aromatic heterocycles. The van der Waals surface area contributed by atoms with Gasteiger partial charge in [0, 0.05) is 33.5 Å². The summed E-state index contributed by atoms with van der Waals surface area (Å²) >= 11 is 3.79. The van der Waals surface area contributed by atoms with Crippen LogP contribution in [-0.2, 0) is 11.2 Å². The third kappa shape index (κ3) is 4.85. The van der Waals surface area contributed by atoms with Gasteiger partial charge in [0.2, 0.25) is 5.91 Å². The van der Waals surface area contributed by atoms with E-state index in [0.29, 0.717) is 12.2 Å². The number of hydrogen-bond donors (Lipinski definition) is 1. The number of anilines is 1. The second-order valence-corrected chi connectivity index (χ2v) is 7.88. The van der Waals surface area contributed by atoms with Crippen molar-refractivity contribution in [3.8, 4) is 5.69 Å². The fraction of sp³-hybridized carbons (Fsp3) is 0.211. The highest BCUT2D eigenvalue weighted by Gasteiger charge is 2.13. The molecule has 3 aromatic rings. The average Bonchev–Trinajstić information content (AvgIpc) is 3.07. The third-order valence-electron chi connectivity index (χ3n) is 3.72. The second kappa shape index (κ2) is 9.18. The van der Waals surface area contributed by atoms with Gasteiger partial charge < -0.3 is 5.32 Å². The largest absolute Gasteiger partial charge is 0.326 e. The van der Waals surface area contributed by atoms with Crippen molar-refractivity contribution >= 4 is 45.9 Å². The first-order valence-electron chi connectivity index (χ1n) is 8.35. The lowest BCUT2D eigenvalue weighted by Crippen LogP contribution is -2.12. The maximum absolute atomic E-state index is 12.1. The van der Waals surface area contributed by atoms with Crippen LogP contribution in [0.3, 0.4) is 0 Å². The number of aryl methyl sites for hydroxylation is 1. The van der Waals surface area contributed by atoms with E-state index in [9.17, 15) is 4.79 Å². The number of aromatic nitrogens is 3. The van der Waals surface area contributed by atoms with Crippen LogP contribution in [0.1, 0.15) is 19.2 Å². The maximum Gasteiger partial charge on any atom is 0.225 e. The highest BCUT2D eigenvalue weighted by molar-refractivity contribution is 14.1. The van der Waals surface area contributed by atoms with Crippen LogP contribution in [-0.4, -0.2) is 26.4 Å². The van der Waals surface area contributed by atoms with Gasteiger partial charge in [0.05, 0.1) is 0 Å². The first kappa shape index (κ1) is 18.9. The topological polar surface area (TPSA) is 59.8 Å². The molecular weight excluding hydrogens is 459 g/mol. The Kier molecular flexibility index (Phi) is 6.67. The SMILES string of the molecule is CCc1nnc(SCCC(=O)Nc2ccc(I)cc2)n1-c1ccccc1. The zero-order chi connectivity index (χ0) is 18.4. The molecule has 134 valence electrons. The van der Waals surface area contributed by atoms with Crippen LogP contribution in [0.25, 0.3) is 5.69 Å². The van der Waals surface area contributed by atoms with Crippen LogP contribution in [0.5, 0.6) is 0 Å². The quantitative estimate of drug-likeness (QED) is 0.400. The normalized spacial score (nSPS) is 10.7. The van der Waals surface area contributed by atoms with Crippen LogP contribution in [0.4, 0.5) is 5.69 Å². The summed E-state index contributed by atoms with van der Waals surface area (Å²) in [4.78, 5) is 12.1. The van der Waals surface area contributed by atoms with Crippen molar-refractivity contribution in [1.82, 2.24) is 14.8 Å². The van der Waals surface area contributed by atoms with Crippen molar-refractivity contribution in [2.75, 3.05) is 11.1 Å². The molecule has 0 fully saturated rings. The van der Waals surface area contributed by atoms with E-state index in [1.165, 1.54) is 0 Å². The van der Waals surface area contributed by atoms with E-state index < -0.39 is 0 Å². The molecule has 0 saturated heterocycles. The van der Waals surface area contributed by atoms with E-state index in [4.69, 9.17) is 0 Å². The van der Waals surface area contributed by atoms with Crippen molar-refractivity contribution in [3.05, 3.63) is 64.0 Å². The molecule has 0 unspecified atom stereocenters. The molecule has 26 heavy (non-hydrogen) atoms. The van der Waals surface area contributed by atoms with Gasteiger partial charge in [-0.2, -0.15) is 0 Å². The minimum absolute atomic E-state index is 0.000185. The van der Waals surface area contributed by atoms with Gasteiger partial charge in [-0.05, 0) is 59.0 Å². The molecule has 0 spiro atoms. The zero-order valence-electron chi connectivity index (χ0n) is 14.4. The van der Waals surface area contributed by atoms with Crippen molar-refractivity contribution in [2.24, 2.45) is 0 Å². The highest BCUT2D eigenvalue weighted by Crippen LogP contribution is 2.23. The Morgan fingerprint density at radius 1 is 1.12 bits per heavy atom. The molecule has 1 amide bonds. The Hall–Kier alpha value is -1.87. The van der Waals surface area contributed by atoms with Gasteiger partial charge in [-0.15, -0.1) is 10.2 Å². The molecule has 0 atom stereocenters. The van der Waals surface area contributed by atoms with Gasteiger partial charge in [-0.3, -0.25) is 9.36 Å². The highest BCUT2D eigenvalue weighted by atomic mass is 127. The Morgan fingerprint density at radius 3 is 2.54 bits per heavy atom. The molecule has 2 aromatic carbocycles. The molecule has 0 aliphatic heterocycles. The number of carbonyl (C=O) groups excluding carboxylic acids is 1. The van der Waals surface area contributed by atoms with E-state index in [-0.39, 0.29) is 5.91 Å². The molecule has 1 heterocycles. The van der Waals surface area contributed by atoms with Gasteiger partial charge in [0.25, 0.3) is 0 Å². The second-order valence-electron chi connectivity index (χ2n) is 5.58. The summed E-state index contributed by atoms with van der Waals surface area (Å²) in [5.74, 6) is 1.56. The summed E-state index contributed by atoms with van der Waals surface area (Å²) in [6.45, 7) is 2.06. The first-order valence-corrected chi connectivity index (χ1v) is 10.4. The Labute approximate surface area is 170 Å². The molecule has 1 N–H and O–H groups in total. The predicted molar refractivity (Wildman–Crippen MR) is 114 cm³/mol. The smallest absolute Gasteiger partial charge is 0.225 e. The van der Waals surface area contributed by atoms with Gasteiger partial charge >= 0.3 is 0 Å². The Morgan fingerprint density at radius 2 is 1.85 bits per heavy atom. The Bertz CT molecular complexity index is 865. The fourth-order valence-electron chi connectivity index (χ4n) is 2.45. The number of thioether (sulfide) groups is 1. The lowest BCUT2D eigenvalue weighted by atomic mass is 10.3. The van der Waals surface area contributed by atoms with E-state index in [2.05, 4.69) is 49.6 Å². The zero-order valence-corrected chi connectivity index (χ0v) is 17.3. The van der Waals surface area contributed by atoms with Crippen LogP contribution < -0.4 is 5.32 Å². The number of carbonyl (C=O) groups is 1. The van der Waals surface area contributed by atoms with E-state index in [0.717, 1.165) is 32.3 Å². The van der Waals surface area contributed by atoms with Crippen molar-refractivity contribution in [1.29, 1.82) is 0 Å². The number of hydrogen-bond acceptors (Lipinski definition) is 4. The number of halogens is 1. The minimum atomic E-state index is 0.000185. The van der Waals surface area contributed by atoms with Crippen molar-refractivity contribution < 1.29 is 4.79 Å². The fourth-order valence-corrected chi connectivity index (χ4v) is 3.72. The molecule has 0 radical (unpaired) electrons. The third-order valence-corrected chi connectivity index (χ3v) is 5.37. The monoisotopic (exact) mass is 478 g/mol. The number of benzene rings is 2. The van der Waals surface area contributed by atoms with Crippen LogP contribution in [0.15, 0.2) is 59.8 Å². The van der Waals surface area contributed by atoms with Gasteiger partial charge in [-0.1, -0.05) is 36.9 Å². The van der Waals surface area contributed by atoms with Crippen LogP contribution >= 0.6 is 34.4 Å². The molecule has 5 nitrogen and oxygen atoms in total. The number of nitrogens with one attached hydrogen (secondary N) is 1. The summed E-state index contributed by atoms with van der Waals surface area (Å²) in [5.41, 5.74) is 1.86. The number of para-hydroxylation sites is 1. The molecule has 7 heteroatoms.